The molecule has 0 fully saturated rings. The topological polar surface area (TPSA) is 36.5 Å². The first-order valence-corrected chi connectivity index (χ1v) is 8.21. The molecule has 0 bridgehead atoms. The number of nitrogens with one attached hydrogen (secondary N) is 2. The number of hydrogen-bond donors (Lipinski definition) is 2. The summed E-state index contributed by atoms with van der Waals surface area (Å²) in [5, 5.41) is 5.57. The molecule has 0 aromatic heterocycles. The Morgan fingerprint density at radius 2 is 1.90 bits per heavy atom. The Hall–Kier alpha value is -0.580. The molecule has 4 nitrogen and oxygen atoms in total. The van der Waals surface area contributed by atoms with Gasteiger partial charge in [-0.3, -0.25) is 0 Å². The van der Waals surface area contributed by atoms with E-state index >= 15 is 0 Å². The molecule has 0 saturated heterocycles. The summed E-state index contributed by atoms with van der Waals surface area (Å²) in [6, 6.07) is 0. The Morgan fingerprint density at radius 1 is 1.24 bits per heavy atom. The Kier molecular flexibility index (Phi) is 6.70. The van der Waals surface area contributed by atoms with Crippen molar-refractivity contribution in [3.63, 3.8) is 0 Å². The average Bonchev–Trinajstić information content (AvgIpc) is 2.74. The Bertz CT molecular complexity index is 335. The van der Waals surface area contributed by atoms with Crippen LogP contribution in [-0.4, -0.2) is 42.4 Å². The molecule has 0 aliphatic carbocycles. The van der Waals surface area contributed by atoms with Crippen molar-refractivity contribution in [3.05, 3.63) is 12.3 Å². The Balaban J connectivity index is 2.17. The largest absolute Gasteiger partial charge is 0.378 e. The van der Waals surface area contributed by atoms with Gasteiger partial charge in [-0.2, -0.15) is 0 Å². The predicted octanol–water partition coefficient (Wildman–Crippen LogP) is 2.78. The van der Waals surface area contributed by atoms with Gasteiger partial charge >= 0.3 is 0 Å². The van der Waals surface area contributed by atoms with Crippen LogP contribution in [0.1, 0.15) is 48.5 Å². The summed E-state index contributed by atoms with van der Waals surface area (Å²) in [7, 11) is 0. The van der Waals surface area contributed by atoms with Crippen molar-refractivity contribution in [2.45, 2.75) is 59.5 Å². The smallest absolute Gasteiger partial charge is 0.0657 e. The second kappa shape index (κ2) is 7.61. The highest BCUT2D eigenvalue weighted by Gasteiger charge is 2.34. The Labute approximate surface area is 131 Å². The van der Waals surface area contributed by atoms with Crippen molar-refractivity contribution in [2.75, 3.05) is 26.3 Å². The van der Waals surface area contributed by atoms with E-state index < -0.39 is 0 Å². The molecule has 0 aromatic rings. The second-order valence-electron chi connectivity index (χ2n) is 7.73. The molecule has 1 unspecified atom stereocenters. The monoisotopic (exact) mass is 297 g/mol. The maximum atomic E-state index is 5.69. The molecule has 1 aliphatic rings. The fourth-order valence-electron chi connectivity index (χ4n) is 2.47. The lowest BCUT2D eigenvalue weighted by Gasteiger charge is -2.35. The Morgan fingerprint density at radius 3 is 2.48 bits per heavy atom. The molecule has 2 atom stereocenters. The van der Waals surface area contributed by atoms with Gasteiger partial charge in [-0.25, -0.2) is 5.43 Å². The molecule has 0 aromatic carbocycles. The molecule has 1 aliphatic heterocycles. The van der Waals surface area contributed by atoms with Crippen LogP contribution in [0.2, 0.25) is 0 Å². The molecule has 0 spiro atoms. The van der Waals surface area contributed by atoms with Gasteiger partial charge in [0.05, 0.1) is 25.3 Å². The SMILES string of the molecule is CC(C)C(C)[C@]1(C)C=CN(CCOCCNC(C)(C)C)N1. The van der Waals surface area contributed by atoms with Crippen LogP contribution in [0.4, 0.5) is 0 Å². The maximum absolute atomic E-state index is 5.69. The molecule has 2 N–H and O–H groups in total. The van der Waals surface area contributed by atoms with E-state index in [0.29, 0.717) is 11.8 Å². The highest BCUT2D eigenvalue weighted by Crippen LogP contribution is 2.29. The summed E-state index contributed by atoms with van der Waals surface area (Å²) >= 11 is 0. The number of rotatable bonds is 8. The maximum Gasteiger partial charge on any atom is 0.0657 e. The van der Waals surface area contributed by atoms with Crippen molar-refractivity contribution >= 4 is 0 Å². The van der Waals surface area contributed by atoms with Crippen LogP contribution in [0, 0.1) is 11.8 Å². The number of ether oxygens (including phenoxy) is 1. The minimum Gasteiger partial charge on any atom is -0.378 e. The van der Waals surface area contributed by atoms with Gasteiger partial charge in [-0.15, -0.1) is 0 Å². The molecule has 0 radical (unpaired) electrons. The van der Waals surface area contributed by atoms with Crippen molar-refractivity contribution < 1.29 is 4.74 Å². The average molecular weight is 297 g/mol. The number of hydrogen-bond acceptors (Lipinski definition) is 4. The van der Waals surface area contributed by atoms with Gasteiger partial charge in [-0.05, 0) is 45.6 Å². The van der Waals surface area contributed by atoms with E-state index in [9.17, 15) is 0 Å². The van der Waals surface area contributed by atoms with Crippen LogP contribution in [-0.2, 0) is 4.74 Å². The van der Waals surface area contributed by atoms with E-state index in [0.717, 1.165) is 26.3 Å². The molecular weight excluding hydrogens is 262 g/mol. The molecule has 124 valence electrons. The molecule has 0 amide bonds. The van der Waals surface area contributed by atoms with Crippen molar-refractivity contribution in [1.82, 2.24) is 15.8 Å². The second-order valence-corrected chi connectivity index (χ2v) is 7.73. The van der Waals surface area contributed by atoms with Crippen LogP contribution >= 0.6 is 0 Å². The summed E-state index contributed by atoms with van der Waals surface area (Å²) in [5.74, 6) is 1.25. The van der Waals surface area contributed by atoms with E-state index in [2.05, 4.69) is 76.5 Å². The van der Waals surface area contributed by atoms with Crippen LogP contribution in [0.25, 0.3) is 0 Å². The minimum atomic E-state index is 0.0575. The van der Waals surface area contributed by atoms with Gasteiger partial charge in [0.15, 0.2) is 0 Å². The van der Waals surface area contributed by atoms with Crippen molar-refractivity contribution in [3.8, 4) is 0 Å². The lowest BCUT2D eigenvalue weighted by molar-refractivity contribution is 0.0867. The van der Waals surface area contributed by atoms with E-state index in [1.165, 1.54) is 0 Å². The van der Waals surface area contributed by atoms with Crippen LogP contribution in [0.3, 0.4) is 0 Å². The highest BCUT2D eigenvalue weighted by atomic mass is 16.5. The summed E-state index contributed by atoms with van der Waals surface area (Å²) in [6.07, 6.45) is 4.43. The zero-order valence-electron chi connectivity index (χ0n) is 15.0. The number of hydrazine groups is 1. The molecule has 1 rings (SSSR count). The normalized spacial score (nSPS) is 24.1. The molecule has 1 heterocycles. The zero-order chi connectivity index (χ0) is 16.1. The quantitative estimate of drug-likeness (QED) is 0.676. The summed E-state index contributed by atoms with van der Waals surface area (Å²) < 4.78 is 5.69. The van der Waals surface area contributed by atoms with E-state index in [4.69, 9.17) is 4.74 Å². The van der Waals surface area contributed by atoms with Crippen molar-refractivity contribution in [1.29, 1.82) is 0 Å². The standard InChI is InChI=1S/C17H35N3O/c1-14(2)15(3)17(7)8-10-20(19-17)11-13-21-12-9-18-16(4,5)6/h8,10,14-15,18-19H,9,11-13H2,1-7H3/t15?,17-/m0/s1. The summed E-state index contributed by atoms with van der Waals surface area (Å²) in [4.78, 5) is 0. The first-order valence-electron chi connectivity index (χ1n) is 8.21. The van der Waals surface area contributed by atoms with Crippen LogP contribution in [0.5, 0.6) is 0 Å². The molecule has 21 heavy (non-hydrogen) atoms. The molecule has 4 heteroatoms. The predicted molar refractivity (Wildman–Crippen MR) is 90.0 cm³/mol. The lowest BCUT2D eigenvalue weighted by atomic mass is 9.80. The van der Waals surface area contributed by atoms with E-state index in [-0.39, 0.29) is 11.1 Å². The highest BCUT2D eigenvalue weighted by molar-refractivity contribution is 5.11. The number of nitrogens with zero attached hydrogens (tertiary/aromatic N) is 1. The zero-order valence-corrected chi connectivity index (χ0v) is 15.0. The summed E-state index contributed by atoms with van der Waals surface area (Å²) in [5.41, 5.74) is 3.81. The third-order valence-corrected chi connectivity index (χ3v) is 4.31. The fourth-order valence-corrected chi connectivity index (χ4v) is 2.47. The molecule has 0 saturated carbocycles. The van der Waals surface area contributed by atoms with Crippen LogP contribution < -0.4 is 10.7 Å². The minimum absolute atomic E-state index is 0.0575. The van der Waals surface area contributed by atoms with Gasteiger partial charge < -0.3 is 15.1 Å². The van der Waals surface area contributed by atoms with Gasteiger partial charge in [0.1, 0.15) is 0 Å². The molecular formula is C17H35N3O. The van der Waals surface area contributed by atoms with E-state index in [1.54, 1.807) is 0 Å². The van der Waals surface area contributed by atoms with Gasteiger partial charge in [0, 0.05) is 18.3 Å². The third-order valence-electron chi connectivity index (χ3n) is 4.31. The lowest BCUT2D eigenvalue weighted by Crippen LogP contribution is -2.50. The van der Waals surface area contributed by atoms with Gasteiger partial charge in [0.2, 0.25) is 0 Å². The van der Waals surface area contributed by atoms with Crippen molar-refractivity contribution in [2.24, 2.45) is 11.8 Å². The fraction of sp³-hybridized carbons (Fsp3) is 0.882. The summed E-state index contributed by atoms with van der Waals surface area (Å²) in [6.45, 7) is 18.9. The first kappa shape index (κ1) is 18.5. The third kappa shape index (κ3) is 6.37. The van der Waals surface area contributed by atoms with Gasteiger partial charge in [0.25, 0.3) is 0 Å². The first-order chi connectivity index (χ1) is 9.64. The van der Waals surface area contributed by atoms with Gasteiger partial charge in [-0.1, -0.05) is 20.8 Å². The van der Waals surface area contributed by atoms with Crippen LogP contribution in [0.15, 0.2) is 12.3 Å². The van der Waals surface area contributed by atoms with E-state index in [1.807, 2.05) is 0 Å².